The summed E-state index contributed by atoms with van der Waals surface area (Å²) in [4.78, 5) is 32.0. The van der Waals surface area contributed by atoms with Crippen molar-refractivity contribution < 1.29 is 23.8 Å². The number of rotatable bonds is 3. The maximum atomic E-state index is 14.8. The van der Waals surface area contributed by atoms with Crippen molar-refractivity contribution in [2.24, 2.45) is 0 Å². The number of halogens is 1. The largest absolute Gasteiger partial charge is 0.478 e. The standard InChI is InChI=1S/C18H23FN4O4/c1-18(2,3)27-17(26)23-7-5-13(12(19)9-23)22-14-10-4-6-20-15(10)21-8-11(14)16(24)25/h4,6,8,12-13H,5,7,9H2,1-3H3,(H,24,25)(H2,20,21,22)/t12-,13?/m0/s1. The van der Waals surface area contributed by atoms with Gasteiger partial charge in [0.2, 0.25) is 0 Å². The van der Waals surface area contributed by atoms with E-state index in [-0.39, 0.29) is 12.1 Å². The zero-order chi connectivity index (χ0) is 19.8. The van der Waals surface area contributed by atoms with Crippen LogP contribution >= 0.6 is 0 Å². The van der Waals surface area contributed by atoms with E-state index in [4.69, 9.17) is 4.74 Å². The van der Waals surface area contributed by atoms with Gasteiger partial charge >= 0.3 is 12.1 Å². The molecule has 2 aromatic heterocycles. The number of carbonyl (C=O) groups excluding carboxylic acids is 1. The second-order valence-electron chi connectivity index (χ2n) is 7.57. The molecule has 0 aliphatic carbocycles. The Morgan fingerprint density at radius 2 is 2.19 bits per heavy atom. The third-order valence-corrected chi connectivity index (χ3v) is 4.34. The highest BCUT2D eigenvalue weighted by Gasteiger charge is 2.34. The molecule has 0 bridgehead atoms. The van der Waals surface area contributed by atoms with Crippen molar-refractivity contribution in [3.05, 3.63) is 24.0 Å². The summed E-state index contributed by atoms with van der Waals surface area (Å²) in [5.74, 6) is -1.14. The maximum Gasteiger partial charge on any atom is 0.410 e. The number of pyridine rings is 1. The van der Waals surface area contributed by atoms with E-state index in [0.29, 0.717) is 29.7 Å². The van der Waals surface area contributed by atoms with Crippen molar-refractivity contribution >= 4 is 28.8 Å². The number of amides is 1. The lowest BCUT2D eigenvalue weighted by Crippen LogP contribution is -2.51. The van der Waals surface area contributed by atoms with Gasteiger partial charge in [-0.3, -0.25) is 0 Å². The number of anilines is 1. The fraction of sp³-hybridized carbons (Fsp3) is 0.500. The summed E-state index contributed by atoms with van der Waals surface area (Å²) >= 11 is 0. The van der Waals surface area contributed by atoms with Crippen LogP contribution in [-0.4, -0.2) is 62.9 Å². The number of fused-ring (bicyclic) bond motifs is 1. The maximum absolute atomic E-state index is 14.8. The van der Waals surface area contributed by atoms with Crippen molar-refractivity contribution in [1.29, 1.82) is 0 Å². The molecule has 0 aromatic carbocycles. The highest BCUT2D eigenvalue weighted by Crippen LogP contribution is 2.29. The second-order valence-corrected chi connectivity index (χ2v) is 7.57. The number of nitrogens with zero attached hydrogens (tertiary/aromatic N) is 2. The van der Waals surface area contributed by atoms with Crippen LogP contribution in [0.25, 0.3) is 11.0 Å². The molecule has 0 saturated carbocycles. The van der Waals surface area contributed by atoms with Gasteiger partial charge in [0, 0.05) is 24.3 Å². The number of likely N-dealkylation sites (tertiary alicyclic amines) is 1. The van der Waals surface area contributed by atoms with E-state index >= 15 is 0 Å². The molecule has 0 radical (unpaired) electrons. The first kappa shape index (κ1) is 18.9. The summed E-state index contributed by atoms with van der Waals surface area (Å²) in [6.45, 7) is 5.47. The number of ether oxygens (including phenoxy) is 1. The molecule has 1 unspecified atom stereocenters. The molecule has 27 heavy (non-hydrogen) atoms. The van der Waals surface area contributed by atoms with Gasteiger partial charge in [-0.2, -0.15) is 0 Å². The first-order valence-electron chi connectivity index (χ1n) is 8.73. The quantitative estimate of drug-likeness (QED) is 0.758. The number of aromatic nitrogens is 2. The number of piperidine rings is 1. The van der Waals surface area contributed by atoms with E-state index in [9.17, 15) is 19.1 Å². The SMILES string of the molecule is CC(C)(C)OC(=O)N1CCC(Nc2c(C(=O)O)cnc3[nH]ccc23)[C@@H](F)C1. The Morgan fingerprint density at radius 3 is 2.81 bits per heavy atom. The Bertz CT molecular complexity index is 861. The molecule has 2 aromatic rings. The summed E-state index contributed by atoms with van der Waals surface area (Å²) in [5, 5.41) is 13.0. The molecule has 3 N–H and O–H groups in total. The van der Waals surface area contributed by atoms with Crippen LogP contribution in [0.4, 0.5) is 14.9 Å². The lowest BCUT2D eigenvalue weighted by Gasteiger charge is -2.36. The lowest BCUT2D eigenvalue weighted by molar-refractivity contribution is 0.0125. The van der Waals surface area contributed by atoms with E-state index in [1.165, 1.54) is 11.1 Å². The minimum Gasteiger partial charge on any atom is -0.478 e. The molecular formula is C18H23FN4O4. The van der Waals surface area contributed by atoms with Crippen molar-refractivity contribution in [1.82, 2.24) is 14.9 Å². The number of hydrogen-bond donors (Lipinski definition) is 3. The van der Waals surface area contributed by atoms with Gasteiger partial charge in [-0.1, -0.05) is 0 Å². The van der Waals surface area contributed by atoms with Gasteiger partial charge in [0.1, 0.15) is 23.0 Å². The Kier molecular flexibility index (Phi) is 4.95. The van der Waals surface area contributed by atoms with Gasteiger partial charge in [-0.05, 0) is 33.3 Å². The van der Waals surface area contributed by atoms with Crippen LogP contribution in [0.5, 0.6) is 0 Å². The normalized spacial score (nSPS) is 20.5. The van der Waals surface area contributed by atoms with Crippen molar-refractivity contribution in [3.63, 3.8) is 0 Å². The highest BCUT2D eigenvalue weighted by molar-refractivity contribution is 6.03. The summed E-state index contributed by atoms with van der Waals surface area (Å²) in [6, 6.07) is 1.07. The number of aromatic amines is 1. The van der Waals surface area contributed by atoms with Gasteiger partial charge in [0.25, 0.3) is 0 Å². The van der Waals surface area contributed by atoms with Gasteiger partial charge in [-0.25, -0.2) is 19.0 Å². The Hall–Kier alpha value is -2.84. The first-order chi connectivity index (χ1) is 12.7. The highest BCUT2D eigenvalue weighted by atomic mass is 19.1. The van der Waals surface area contributed by atoms with Crippen LogP contribution in [0.1, 0.15) is 37.6 Å². The van der Waals surface area contributed by atoms with Gasteiger partial charge in [0.05, 0.1) is 18.3 Å². The number of aromatic carboxylic acids is 1. The van der Waals surface area contributed by atoms with Crippen LogP contribution < -0.4 is 5.32 Å². The average Bonchev–Trinajstić information content (AvgIpc) is 3.03. The smallest absolute Gasteiger partial charge is 0.410 e. The van der Waals surface area contributed by atoms with Crippen LogP contribution in [0.2, 0.25) is 0 Å². The number of carboxylic acids is 1. The lowest BCUT2D eigenvalue weighted by atomic mass is 10.0. The zero-order valence-corrected chi connectivity index (χ0v) is 15.5. The van der Waals surface area contributed by atoms with Gasteiger partial charge in [-0.15, -0.1) is 0 Å². The second kappa shape index (κ2) is 7.05. The molecule has 1 aliphatic heterocycles. The van der Waals surface area contributed by atoms with Crippen LogP contribution in [0.15, 0.2) is 18.5 Å². The topological polar surface area (TPSA) is 108 Å². The molecule has 146 valence electrons. The molecule has 0 spiro atoms. The van der Waals surface area contributed by atoms with E-state index in [2.05, 4.69) is 15.3 Å². The molecule has 1 fully saturated rings. The first-order valence-corrected chi connectivity index (χ1v) is 8.73. The predicted molar refractivity (Wildman–Crippen MR) is 97.8 cm³/mol. The summed E-state index contributed by atoms with van der Waals surface area (Å²) in [5.41, 5.74) is 0.172. The minimum absolute atomic E-state index is 0.0242. The molecule has 8 nitrogen and oxygen atoms in total. The monoisotopic (exact) mass is 378 g/mol. The third kappa shape index (κ3) is 4.12. The fourth-order valence-corrected chi connectivity index (χ4v) is 3.07. The van der Waals surface area contributed by atoms with Crippen molar-refractivity contribution in [2.45, 2.75) is 45.0 Å². The van der Waals surface area contributed by atoms with Gasteiger partial charge in [0.15, 0.2) is 0 Å². The number of alkyl halides is 1. The van der Waals surface area contributed by atoms with E-state index in [0.717, 1.165) is 0 Å². The number of hydrogen-bond acceptors (Lipinski definition) is 5. The Balaban J connectivity index is 1.76. The molecular weight excluding hydrogens is 355 g/mol. The molecule has 1 saturated heterocycles. The third-order valence-electron chi connectivity index (χ3n) is 4.34. The number of H-pyrrole nitrogens is 1. The minimum atomic E-state index is -1.37. The van der Waals surface area contributed by atoms with Crippen LogP contribution in [0.3, 0.4) is 0 Å². The molecule has 3 heterocycles. The average molecular weight is 378 g/mol. The molecule has 1 amide bonds. The van der Waals surface area contributed by atoms with Crippen molar-refractivity contribution in [2.75, 3.05) is 18.4 Å². The summed E-state index contributed by atoms with van der Waals surface area (Å²) in [6.07, 6.45) is 1.30. The molecule has 9 heteroatoms. The summed E-state index contributed by atoms with van der Waals surface area (Å²) in [7, 11) is 0. The Labute approximate surface area is 155 Å². The van der Waals surface area contributed by atoms with E-state index in [1.54, 1.807) is 33.0 Å². The number of carboxylic acid groups (broad SMARTS) is 1. The molecule has 3 rings (SSSR count). The zero-order valence-electron chi connectivity index (χ0n) is 15.5. The van der Waals surface area contributed by atoms with E-state index < -0.39 is 29.9 Å². The number of nitrogens with one attached hydrogen (secondary N) is 2. The van der Waals surface area contributed by atoms with Crippen LogP contribution in [0, 0.1) is 0 Å². The van der Waals surface area contributed by atoms with Crippen molar-refractivity contribution in [3.8, 4) is 0 Å². The number of carbonyl (C=O) groups is 2. The van der Waals surface area contributed by atoms with Gasteiger partial charge < -0.3 is 25.0 Å². The molecule has 1 aliphatic rings. The fourth-order valence-electron chi connectivity index (χ4n) is 3.07. The Morgan fingerprint density at radius 1 is 1.44 bits per heavy atom. The van der Waals surface area contributed by atoms with Crippen LogP contribution in [-0.2, 0) is 4.74 Å². The van der Waals surface area contributed by atoms with E-state index in [1.807, 2.05) is 0 Å². The molecule has 2 atom stereocenters. The predicted octanol–water partition coefficient (Wildman–Crippen LogP) is 3.02. The summed E-state index contributed by atoms with van der Waals surface area (Å²) < 4.78 is 20.0.